The van der Waals surface area contributed by atoms with Crippen molar-refractivity contribution in [2.24, 2.45) is 21.7 Å². The van der Waals surface area contributed by atoms with E-state index in [9.17, 15) is 0 Å². The number of nitrogens with two attached hydrogens (primary N) is 2. The van der Waals surface area contributed by atoms with Gasteiger partial charge in [0.05, 0.1) is 11.9 Å². The Kier molecular flexibility index (Phi) is 4.12. The molecule has 0 saturated heterocycles. The van der Waals surface area contributed by atoms with Gasteiger partial charge >= 0.3 is 0 Å². The van der Waals surface area contributed by atoms with Gasteiger partial charge in [0.25, 0.3) is 0 Å². The Labute approximate surface area is 125 Å². The lowest BCUT2D eigenvalue weighted by atomic mass is 9.92. The summed E-state index contributed by atoms with van der Waals surface area (Å²) in [5.41, 5.74) is 13.8. The number of rotatable bonds is 3. The standard InChI is InChI=1S/C16H21N5/c1-16(2,3)14-10-9-13(11-19-20-15(17)18)21(14)12-7-5-4-6-8-12/h4-11H,1-3H3,(H4,17,18,20). The van der Waals surface area contributed by atoms with Crippen LogP contribution in [0.4, 0.5) is 0 Å². The van der Waals surface area contributed by atoms with Gasteiger partial charge in [-0.25, -0.2) is 0 Å². The summed E-state index contributed by atoms with van der Waals surface area (Å²) >= 11 is 0. The molecule has 1 aromatic carbocycles. The molecule has 0 fully saturated rings. The third kappa shape index (κ3) is 3.51. The Hall–Kier alpha value is -2.56. The first-order valence-electron chi connectivity index (χ1n) is 6.79. The van der Waals surface area contributed by atoms with Gasteiger partial charge in [-0.3, -0.25) is 0 Å². The van der Waals surface area contributed by atoms with E-state index < -0.39 is 0 Å². The molecule has 0 saturated carbocycles. The highest BCUT2D eigenvalue weighted by Gasteiger charge is 2.20. The molecule has 4 N–H and O–H groups in total. The zero-order valence-corrected chi connectivity index (χ0v) is 12.6. The molecule has 0 bridgehead atoms. The Bertz CT molecular complexity index is 656. The Morgan fingerprint density at radius 2 is 1.71 bits per heavy atom. The molecular formula is C16H21N5. The van der Waals surface area contributed by atoms with E-state index in [4.69, 9.17) is 11.5 Å². The van der Waals surface area contributed by atoms with E-state index in [1.807, 2.05) is 24.3 Å². The minimum Gasteiger partial charge on any atom is -0.369 e. The summed E-state index contributed by atoms with van der Waals surface area (Å²) in [6.07, 6.45) is 1.65. The average Bonchev–Trinajstić information content (AvgIpc) is 2.83. The lowest BCUT2D eigenvalue weighted by Crippen LogP contribution is -2.21. The molecule has 0 amide bonds. The van der Waals surface area contributed by atoms with Gasteiger partial charge in [0.1, 0.15) is 0 Å². The van der Waals surface area contributed by atoms with Crippen molar-refractivity contribution in [3.05, 3.63) is 53.9 Å². The van der Waals surface area contributed by atoms with Crippen LogP contribution in [0.15, 0.2) is 52.7 Å². The smallest absolute Gasteiger partial charge is 0.211 e. The molecule has 0 atom stereocenters. The largest absolute Gasteiger partial charge is 0.369 e. The molecule has 0 aliphatic carbocycles. The van der Waals surface area contributed by atoms with Crippen molar-refractivity contribution in [3.8, 4) is 5.69 Å². The van der Waals surface area contributed by atoms with Crippen molar-refractivity contribution in [3.63, 3.8) is 0 Å². The normalized spacial score (nSPS) is 11.8. The Morgan fingerprint density at radius 1 is 1.05 bits per heavy atom. The summed E-state index contributed by atoms with van der Waals surface area (Å²) in [4.78, 5) is 0. The summed E-state index contributed by atoms with van der Waals surface area (Å²) in [5, 5.41) is 7.57. The number of hydrogen-bond donors (Lipinski definition) is 2. The fourth-order valence-corrected chi connectivity index (χ4v) is 2.16. The highest BCUT2D eigenvalue weighted by atomic mass is 15.3. The highest BCUT2D eigenvalue weighted by molar-refractivity contribution is 5.81. The van der Waals surface area contributed by atoms with Gasteiger partial charge in [0.15, 0.2) is 0 Å². The van der Waals surface area contributed by atoms with Gasteiger partial charge < -0.3 is 16.0 Å². The molecule has 5 heteroatoms. The van der Waals surface area contributed by atoms with Gasteiger partial charge in [0, 0.05) is 16.8 Å². The quantitative estimate of drug-likeness (QED) is 0.515. The van der Waals surface area contributed by atoms with Gasteiger partial charge in [-0.05, 0) is 24.3 Å². The van der Waals surface area contributed by atoms with E-state index in [0.29, 0.717) is 0 Å². The predicted molar refractivity (Wildman–Crippen MR) is 87.9 cm³/mol. The van der Waals surface area contributed by atoms with Crippen LogP contribution in [0.2, 0.25) is 0 Å². The van der Waals surface area contributed by atoms with Crippen molar-refractivity contribution in [2.75, 3.05) is 0 Å². The molecule has 0 unspecified atom stereocenters. The van der Waals surface area contributed by atoms with Crippen LogP contribution in [0.1, 0.15) is 32.2 Å². The maximum atomic E-state index is 5.29. The number of benzene rings is 1. The lowest BCUT2D eigenvalue weighted by Gasteiger charge is -2.22. The monoisotopic (exact) mass is 283 g/mol. The molecule has 1 heterocycles. The van der Waals surface area contributed by atoms with E-state index in [0.717, 1.165) is 11.4 Å². The summed E-state index contributed by atoms with van der Waals surface area (Å²) in [5.74, 6) is -0.0555. The number of guanidine groups is 1. The fraction of sp³-hybridized carbons (Fsp3) is 0.250. The van der Waals surface area contributed by atoms with Crippen molar-refractivity contribution < 1.29 is 0 Å². The summed E-state index contributed by atoms with van der Waals surface area (Å²) in [6.45, 7) is 6.54. The SMILES string of the molecule is CC(C)(C)c1ccc(C=NN=C(N)N)n1-c1ccccc1. The molecule has 2 rings (SSSR count). The number of para-hydroxylation sites is 1. The van der Waals surface area contributed by atoms with E-state index >= 15 is 0 Å². The number of nitrogens with zero attached hydrogens (tertiary/aromatic N) is 3. The van der Waals surface area contributed by atoms with Crippen molar-refractivity contribution >= 4 is 12.2 Å². The average molecular weight is 283 g/mol. The molecule has 21 heavy (non-hydrogen) atoms. The Morgan fingerprint density at radius 3 is 2.29 bits per heavy atom. The van der Waals surface area contributed by atoms with Crippen LogP contribution in [0.25, 0.3) is 5.69 Å². The second-order valence-electron chi connectivity index (χ2n) is 5.83. The lowest BCUT2D eigenvalue weighted by molar-refractivity contribution is 0.556. The van der Waals surface area contributed by atoms with Gasteiger partial charge in [-0.1, -0.05) is 39.0 Å². The van der Waals surface area contributed by atoms with Crippen molar-refractivity contribution in [2.45, 2.75) is 26.2 Å². The van der Waals surface area contributed by atoms with Crippen LogP contribution in [0, 0.1) is 0 Å². The van der Waals surface area contributed by atoms with Crippen LogP contribution >= 0.6 is 0 Å². The van der Waals surface area contributed by atoms with Gasteiger partial charge in [-0.2, -0.15) is 5.10 Å². The zero-order chi connectivity index (χ0) is 15.5. The van der Waals surface area contributed by atoms with Gasteiger partial charge in [-0.15, -0.1) is 5.10 Å². The first kappa shape index (κ1) is 14.8. The maximum Gasteiger partial charge on any atom is 0.211 e. The second-order valence-corrected chi connectivity index (χ2v) is 5.83. The summed E-state index contributed by atoms with van der Waals surface area (Å²) in [6, 6.07) is 14.3. The van der Waals surface area contributed by atoms with E-state index in [-0.39, 0.29) is 11.4 Å². The van der Waals surface area contributed by atoms with Gasteiger partial charge in [0.2, 0.25) is 5.96 Å². The minimum atomic E-state index is -0.0555. The predicted octanol–water partition coefficient (Wildman–Crippen LogP) is 2.38. The highest BCUT2D eigenvalue weighted by Crippen LogP contribution is 2.27. The third-order valence-corrected chi connectivity index (χ3v) is 3.06. The fourth-order valence-electron chi connectivity index (χ4n) is 2.16. The van der Waals surface area contributed by atoms with Crippen LogP contribution in [0.5, 0.6) is 0 Å². The topological polar surface area (TPSA) is 81.7 Å². The van der Waals surface area contributed by atoms with E-state index in [2.05, 4.69) is 53.7 Å². The first-order chi connectivity index (χ1) is 9.89. The number of hydrogen-bond acceptors (Lipinski definition) is 2. The summed E-state index contributed by atoms with van der Waals surface area (Å²) < 4.78 is 2.16. The molecule has 1 aromatic heterocycles. The van der Waals surface area contributed by atoms with Crippen LogP contribution in [-0.2, 0) is 5.41 Å². The van der Waals surface area contributed by atoms with E-state index in [1.54, 1.807) is 6.21 Å². The van der Waals surface area contributed by atoms with Crippen LogP contribution < -0.4 is 11.5 Å². The zero-order valence-electron chi connectivity index (χ0n) is 12.6. The second kappa shape index (κ2) is 5.83. The minimum absolute atomic E-state index is 0.0120. The molecule has 5 nitrogen and oxygen atoms in total. The third-order valence-electron chi connectivity index (χ3n) is 3.06. The number of aromatic nitrogens is 1. The Balaban J connectivity index is 2.55. The first-order valence-corrected chi connectivity index (χ1v) is 6.79. The van der Waals surface area contributed by atoms with Crippen molar-refractivity contribution in [1.82, 2.24) is 4.57 Å². The molecular weight excluding hydrogens is 262 g/mol. The van der Waals surface area contributed by atoms with Crippen LogP contribution in [0.3, 0.4) is 0 Å². The molecule has 0 aliphatic heterocycles. The molecule has 110 valence electrons. The molecule has 0 aliphatic rings. The molecule has 0 radical (unpaired) electrons. The molecule has 0 spiro atoms. The van der Waals surface area contributed by atoms with Crippen LogP contribution in [-0.4, -0.2) is 16.7 Å². The maximum absolute atomic E-state index is 5.29. The molecule has 2 aromatic rings. The summed E-state index contributed by atoms with van der Waals surface area (Å²) in [7, 11) is 0. The van der Waals surface area contributed by atoms with E-state index in [1.165, 1.54) is 5.69 Å². The van der Waals surface area contributed by atoms with Crippen molar-refractivity contribution in [1.29, 1.82) is 0 Å².